The minimum absolute atomic E-state index is 0.239. The molecule has 4 aromatic rings. The molecular weight excluding hydrogens is 414 g/mol. The molecule has 1 aliphatic heterocycles. The minimum atomic E-state index is -0.678. The zero-order valence-electron chi connectivity index (χ0n) is 17.9. The average Bonchev–Trinajstić information content (AvgIpc) is 3.51. The number of rotatable bonds is 5. The number of hydrogen-bond donors (Lipinski definition) is 1. The lowest BCUT2D eigenvalue weighted by molar-refractivity contribution is -0.122. The van der Waals surface area contributed by atoms with Gasteiger partial charge in [0.1, 0.15) is 6.04 Å². The van der Waals surface area contributed by atoms with Gasteiger partial charge in [-0.15, -0.1) is 0 Å². The van der Waals surface area contributed by atoms with Crippen molar-refractivity contribution in [3.8, 4) is 17.1 Å². The highest BCUT2D eigenvalue weighted by molar-refractivity contribution is 5.97. The minimum Gasteiger partial charge on any atom is -0.368 e. The normalized spacial score (nSPS) is 17.8. The second kappa shape index (κ2) is 8.70. The van der Waals surface area contributed by atoms with E-state index in [0.717, 1.165) is 16.8 Å². The van der Waals surface area contributed by atoms with Crippen molar-refractivity contribution in [2.24, 2.45) is 5.73 Å². The van der Waals surface area contributed by atoms with Crippen molar-refractivity contribution in [3.05, 3.63) is 102 Å². The van der Waals surface area contributed by atoms with E-state index >= 15 is 0 Å². The number of hydrogen-bond acceptors (Lipinski definition) is 4. The van der Waals surface area contributed by atoms with Gasteiger partial charge in [0.2, 0.25) is 5.91 Å². The Morgan fingerprint density at radius 3 is 2.24 bits per heavy atom. The van der Waals surface area contributed by atoms with Gasteiger partial charge in [-0.3, -0.25) is 9.59 Å². The second-order valence-electron chi connectivity index (χ2n) is 8.02. The molecule has 2 atom stereocenters. The number of benzene rings is 2. The van der Waals surface area contributed by atoms with Crippen LogP contribution in [0, 0.1) is 0 Å². The number of carbonyl (C=O) groups is 2. The fraction of sp³-hybridized carbons (Fsp3) is 0.154. The molecule has 3 heterocycles. The lowest BCUT2D eigenvalue weighted by Crippen LogP contribution is -2.45. The molecule has 1 aliphatic rings. The van der Waals surface area contributed by atoms with Crippen molar-refractivity contribution in [2.75, 3.05) is 0 Å². The van der Waals surface area contributed by atoms with Crippen LogP contribution in [0.4, 0.5) is 0 Å². The Bertz CT molecular complexity index is 1220. The molecule has 0 aliphatic carbocycles. The van der Waals surface area contributed by atoms with Crippen LogP contribution < -0.4 is 5.73 Å². The number of likely N-dealkylation sites (tertiary alicyclic amines) is 1. The molecule has 0 saturated carbocycles. The average molecular weight is 438 g/mol. The molecule has 1 fully saturated rings. The Morgan fingerprint density at radius 1 is 0.879 bits per heavy atom. The summed E-state index contributed by atoms with van der Waals surface area (Å²) in [6, 6.07) is 25.8. The van der Waals surface area contributed by atoms with Crippen LogP contribution in [-0.4, -0.2) is 37.5 Å². The molecule has 33 heavy (non-hydrogen) atoms. The van der Waals surface area contributed by atoms with Gasteiger partial charge in [-0.2, -0.15) is 5.10 Å². The van der Waals surface area contributed by atoms with Gasteiger partial charge in [0.25, 0.3) is 5.91 Å². The smallest absolute Gasteiger partial charge is 0.275 e. The van der Waals surface area contributed by atoms with Crippen LogP contribution in [0.5, 0.6) is 0 Å². The number of nitrogens with two attached hydrogens (primary N) is 1. The van der Waals surface area contributed by atoms with Crippen LogP contribution in [0.25, 0.3) is 17.1 Å². The maximum absolute atomic E-state index is 13.8. The van der Waals surface area contributed by atoms with E-state index in [0.29, 0.717) is 18.7 Å². The van der Waals surface area contributed by atoms with E-state index in [-0.39, 0.29) is 17.6 Å². The van der Waals surface area contributed by atoms with Crippen LogP contribution in [0.1, 0.15) is 34.9 Å². The van der Waals surface area contributed by atoms with Crippen LogP contribution in [0.15, 0.2) is 91.1 Å². The van der Waals surface area contributed by atoms with E-state index in [1.807, 2.05) is 78.9 Å². The third-order valence-corrected chi connectivity index (χ3v) is 6.00. The Balaban J connectivity index is 1.60. The molecule has 5 rings (SSSR count). The molecule has 1 saturated heterocycles. The van der Waals surface area contributed by atoms with Gasteiger partial charge in [-0.25, -0.2) is 9.67 Å². The van der Waals surface area contributed by atoms with E-state index in [1.54, 1.807) is 21.8 Å². The second-order valence-corrected chi connectivity index (χ2v) is 8.02. The predicted molar refractivity (Wildman–Crippen MR) is 124 cm³/mol. The SMILES string of the molecule is NC(=O)[C@H]1CC[C@H](c2ccccc2)N1C(=O)c1cc(-c2ccccc2)n(-c2ccccn2)n1. The quantitative estimate of drug-likeness (QED) is 0.514. The molecule has 0 unspecified atom stereocenters. The molecule has 7 heteroatoms. The third-order valence-electron chi connectivity index (χ3n) is 6.00. The summed E-state index contributed by atoms with van der Waals surface area (Å²) < 4.78 is 1.66. The highest BCUT2D eigenvalue weighted by atomic mass is 16.2. The topological polar surface area (TPSA) is 94.1 Å². The maximum Gasteiger partial charge on any atom is 0.275 e. The van der Waals surface area contributed by atoms with Crippen molar-refractivity contribution in [1.29, 1.82) is 0 Å². The van der Waals surface area contributed by atoms with Crippen molar-refractivity contribution in [2.45, 2.75) is 24.9 Å². The van der Waals surface area contributed by atoms with Crippen molar-refractivity contribution in [3.63, 3.8) is 0 Å². The van der Waals surface area contributed by atoms with Gasteiger partial charge in [-0.05, 0) is 36.6 Å². The first-order chi connectivity index (χ1) is 16.1. The Labute approximate surface area is 191 Å². The molecule has 2 amide bonds. The summed E-state index contributed by atoms with van der Waals surface area (Å²) in [5.74, 6) is -0.228. The fourth-order valence-corrected chi connectivity index (χ4v) is 4.46. The molecular formula is C26H23N5O2. The van der Waals surface area contributed by atoms with E-state index in [4.69, 9.17) is 5.73 Å². The summed E-state index contributed by atoms with van der Waals surface area (Å²) in [5, 5.41) is 4.63. The molecule has 7 nitrogen and oxygen atoms in total. The number of pyridine rings is 1. The highest BCUT2D eigenvalue weighted by Crippen LogP contribution is 2.37. The van der Waals surface area contributed by atoms with Gasteiger partial charge in [0.05, 0.1) is 11.7 Å². The van der Waals surface area contributed by atoms with Crippen LogP contribution in [0.3, 0.4) is 0 Å². The third kappa shape index (κ3) is 3.89. The van der Waals surface area contributed by atoms with Crippen LogP contribution in [-0.2, 0) is 4.79 Å². The number of primary amides is 1. The predicted octanol–water partition coefficient (Wildman–Crippen LogP) is 3.77. The number of amides is 2. The molecule has 2 aromatic carbocycles. The Hall–Kier alpha value is -4.26. The van der Waals surface area contributed by atoms with Gasteiger partial charge < -0.3 is 10.6 Å². The monoisotopic (exact) mass is 437 g/mol. The summed E-state index contributed by atoms with van der Waals surface area (Å²) in [7, 11) is 0. The first-order valence-electron chi connectivity index (χ1n) is 10.9. The van der Waals surface area contributed by atoms with Gasteiger partial charge in [0, 0.05) is 11.8 Å². The molecule has 0 bridgehead atoms. The van der Waals surface area contributed by atoms with Crippen molar-refractivity contribution in [1.82, 2.24) is 19.7 Å². The maximum atomic E-state index is 13.8. The highest BCUT2D eigenvalue weighted by Gasteiger charge is 2.42. The lowest BCUT2D eigenvalue weighted by Gasteiger charge is -2.28. The molecule has 164 valence electrons. The van der Waals surface area contributed by atoms with E-state index in [1.165, 1.54) is 0 Å². The summed E-state index contributed by atoms with van der Waals surface area (Å²) in [5.41, 5.74) is 8.56. The first kappa shape index (κ1) is 20.6. The summed E-state index contributed by atoms with van der Waals surface area (Å²) in [6.07, 6.45) is 2.87. The van der Waals surface area contributed by atoms with Gasteiger partial charge >= 0.3 is 0 Å². The standard InChI is InChI=1S/C26H23N5O2/c27-25(32)22-15-14-21(18-9-3-1-4-10-18)30(22)26(33)20-17-23(19-11-5-2-6-12-19)31(29-20)24-13-7-8-16-28-24/h1-13,16-17,21-22H,14-15H2,(H2,27,32)/t21-,22-/m1/s1. The van der Waals surface area contributed by atoms with Crippen LogP contribution >= 0.6 is 0 Å². The lowest BCUT2D eigenvalue weighted by atomic mass is 10.0. The molecule has 0 radical (unpaired) electrons. The Morgan fingerprint density at radius 2 is 1.58 bits per heavy atom. The summed E-state index contributed by atoms with van der Waals surface area (Å²) in [6.45, 7) is 0. The van der Waals surface area contributed by atoms with E-state index in [9.17, 15) is 9.59 Å². The van der Waals surface area contributed by atoms with Crippen molar-refractivity contribution >= 4 is 11.8 Å². The number of nitrogens with zero attached hydrogens (tertiary/aromatic N) is 4. The number of aromatic nitrogens is 3. The van der Waals surface area contributed by atoms with Crippen LogP contribution in [0.2, 0.25) is 0 Å². The van der Waals surface area contributed by atoms with Gasteiger partial charge in [0.15, 0.2) is 11.5 Å². The van der Waals surface area contributed by atoms with Crippen molar-refractivity contribution < 1.29 is 9.59 Å². The molecule has 0 spiro atoms. The summed E-state index contributed by atoms with van der Waals surface area (Å²) in [4.78, 5) is 32.0. The first-order valence-corrected chi connectivity index (χ1v) is 10.9. The summed E-state index contributed by atoms with van der Waals surface area (Å²) >= 11 is 0. The van der Waals surface area contributed by atoms with Gasteiger partial charge in [-0.1, -0.05) is 66.7 Å². The zero-order chi connectivity index (χ0) is 22.8. The largest absolute Gasteiger partial charge is 0.368 e. The zero-order valence-corrected chi connectivity index (χ0v) is 17.9. The molecule has 2 N–H and O–H groups in total. The van der Waals surface area contributed by atoms with E-state index in [2.05, 4.69) is 10.1 Å². The molecule has 2 aromatic heterocycles. The fourth-order valence-electron chi connectivity index (χ4n) is 4.46. The number of carbonyl (C=O) groups excluding carboxylic acids is 2. The van der Waals surface area contributed by atoms with E-state index < -0.39 is 11.9 Å². The Kier molecular flexibility index (Phi) is 5.44.